The molecule has 144 valence electrons. The maximum Gasteiger partial charge on any atom is 0.293 e. The maximum absolute atomic E-state index is 12.5. The van der Waals surface area contributed by atoms with E-state index in [0.29, 0.717) is 22.6 Å². The highest BCUT2D eigenvalue weighted by Gasteiger charge is 2.38. The van der Waals surface area contributed by atoms with Crippen LogP contribution < -0.4 is 15.8 Å². The Kier molecular flexibility index (Phi) is 5.13. The number of halogens is 1. The molecular formula is C20H20BrN5O2. The molecule has 1 amide bonds. The van der Waals surface area contributed by atoms with Crippen molar-refractivity contribution in [1.29, 1.82) is 0 Å². The zero-order chi connectivity index (χ0) is 19.6. The second kappa shape index (κ2) is 7.71. The van der Waals surface area contributed by atoms with Crippen molar-refractivity contribution in [2.24, 2.45) is 10.7 Å². The molecule has 0 aliphatic carbocycles. The van der Waals surface area contributed by atoms with Gasteiger partial charge in [0.2, 0.25) is 5.82 Å². The summed E-state index contributed by atoms with van der Waals surface area (Å²) in [5, 5.41) is 2.86. The van der Waals surface area contributed by atoms with Crippen molar-refractivity contribution in [1.82, 2.24) is 9.97 Å². The number of fused-ring (bicyclic) bond motifs is 2. The van der Waals surface area contributed by atoms with Crippen LogP contribution in [0.5, 0.6) is 5.75 Å². The Bertz CT molecular complexity index is 958. The van der Waals surface area contributed by atoms with Crippen molar-refractivity contribution < 1.29 is 9.53 Å². The van der Waals surface area contributed by atoms with Crippen LogP contribution in [0.4, 0.5) is 5.69 Å². The first kappa shape index (κ1) is 18.6. The highest BCUT2D eigenvalue weighted by molar-refractivity contribution is 9.10. The summed E-state index contributed by atoms with van der Waals surface area (Å²) in [5.74, 6) is 1.03. The van der Waals surface area contributed by atoms with Gasteiger partial charge in [-0.15, -0.1) is 0 Å². The summed E-state index contributed by atoms with van der Waals surface area (Å²) in [6.45, 7) is 0.589. The summed E-state index contributed by atoms with van der Waals surface area (Å²) in [5.41, 5.74) is 7.27. The monoisotopic (exact) mass is 441 g/mol. The fraction of sp³-hybridized carbons (Fsp3) is 0.300. The Balaban J connectivity index is 1.67. The van der Waals surface area contributed by atoms with Gasteiger partial charge in [0.15, 0.2) is 0 Å². The molecule has 1 atom stereocenters. The summed E-state index contributed by atoms with van der Waals surface area (Å²) >= 11 is 3.26. The Hall–Kier alpha value is -2.74. The van der Waals surface area contributed by atoms with Crippen molar-refractivity contribution in [3.63, 3.8) is 0 Å². The van der Waals surface area contributed by atoms with E-state index in [1.54, 1.807) is 0 Å². The highest BCUT2D eigenvalue weighted by atomic mass is 79.9. The number of aliphatic imine (C=N–C) groups is 1. The Morgan fingerprint density at radius 1 is 1.25 bits per heavy atom. The molecule has 0 saturated heterocycles. The molecule has 4 rings (SSSR count). The van der Waals surface area contributed by atoms with Crippen LogP contribution in [0.2, 0.25) is 0 Å². The van der Waals surface area contributed by atoms with Gasteiger partial charge in [-0.25, -0.2) is 9.97 Å². The molecule has 0 radical (unpaired) electrons. The molecule has 0 fully saturated rings. The van der Waals surface area contributed by atoms with Crippen LogP contribution in [-0.4, -0.2) is 28.3 Å². The zero-order valence-electron chi connectivity index (χ0n) is 15.2. The molecule has 0 bridgehead atoms. The van der Waals surface area contributed by atoms with Gasteiger partial charge in [0, 0.05) is 30.1 Å². The van der Waals surface area contributed by atoms with Crippen LogP contribution in [-0.2, 0) is 5.54 Å². The van der Waals surface area contributed by atoms with Crippen LogP contribution in [0.15, 0.2) is 52.2 Å². The average molecular weight is 442 g/mol. The summed E-state index contributed by atoms with van der Waals surface area (Å²) in [7, 11) is 0. The van der Waals surface area contributed by atoms with E-state index in [2.05, 4.69) is 37.3 Å². The minimum atomic E-state index is -0.433. The van der Waals surface area contributed by atoms with E-state index < -0.39 is 5.54 Å². The topological polar surface area (TPSA) is 102 Å². The Morgan fingerprint density at radius 3 is 2.89 bits per heavy atom. The molecule has 2 aromatic rings. The lowest BCUT2D eigenvalue weighted by Crippen LogP contribution is -2.34. The largest absolute Gasteiger partial charge is 0.493 e. The van der Waals surface area contributed by atoms with E-state index >= 15 is 0 Å². The van der Waals surface area contributed by atoms with Gasteiger partial charge in [-0.2, -0.15) is 0 Å². The van der Waals surface area contributed by atoms with Gasteiger partial charge in [-0.1, -0.05) is 6.08 Å². The first-order chi connectivity index (χ1) is 13.6. The number of nitrogens with one attached hydrogen (secondary N) is 1. The number of ether oxygens (including phenoxy) is 1. The number of nitrogens with two attached hydrogens (primary N) is 1. The molecule has 2 aliphatic rings. The fourth-order valence-corrected chi connectivity index (χ4v) is 3.82. The third-order valence-electron chi connectivity index (χ3n) is 4.93. The second-order valence-electron chi connectivity index (χ2n) is 6.85. The molecule has 0 saturated carbocycles. The van der Waals surface area contributed by atoms with Crippen molar-refractivity contribution in [3.8, 4) is 5.75 Å². The van der Waals surface area contributed by atoms with E-state index in [0.717, 1.165) is 37.0 Å². The number of carbonyl (C=O) groups excluding carboxylic acids is 1. The molecule has 1 spiro atoms. The van der Waals surface area contributed by atoms with E-state index in [-0.39, 0.29) is 11.7 Å². The lowest BCUT2D eigenvalue weighted by atomic mass is 9.80. The quantitative estimate of drug-likeness (QED) is 0.741. The standard InChI is InChI=1S/C20H20BrN5O2/c21-13-11-23-18(24-12-13)19(27)25-14-5-6-16-15(10-14)20(8-9-28-16)7-3-1-2-4-17(22)26-20/h2,4-6,10-12H,1,3,7-9H2,(H2,22,26)(H,25,27). The smallest absolute Gasteiger partial charge is 0.293 e. The third kappa shape index (κ3) is 3.77. The van der Waals surface area contributed by atoms with Crippen molar-refractivity contribution in [2.45, 2.75) is 31.2 Å². The summed E-state index contributed by atoms with van der Waals surface area (Å²) < 4.78 is 6.56. The fourth-order valence-electron chi connectivity index (χ4n) is 3.61. The molecule has 28 heavy (non-hydrogen) atoms. The van der Waals surface area contributed by atoms with Gasteiger partial charge in [0.05, 0.1) is 16.6 Å². The molecule has 8 heteroatoms. The lowest BCUT2D eigenvalue weighted by Gasteiger charge is -2.37. The summed E-state index contributed by atoms with van der Waals surface area (Å²) in [6.07, 6.45) is 10.6. The first-order valence-corrected chi connectivity index (χ1v) is 9.93. The molecule has 2 aliphatic heterocycles. The minimum Gasteiger partial charge on any atom is -0.493 e. The van der Waals surface area contributed by atoms with Gasteiger partial charge in [-0.05, 0) is 59.5 Å². The van der Waals surface area contributed by atoms with Crippen molar-refractivity contribution in [3.05, 3.63) is 58.6 Å². The van der Waals surface area contributed by atoms with E-state index in [9.17, 15) is 4.79 Å². The van der Waals surface area contributed by atoms with Crippen LogP contribution in [0.25, 0.3) is 0 Å². The SMILES string of the molecule is NC1=NC2(CCCC=C1)CCOc1ccc(NC(=O)c3ncc(Br)cn3)cc12. The number of aromatic nitrogens is 2. The third-order valence-corrected chi connectivity index (χ3v) is 5.34. The molecule has 3 heterocycles. The predicted octanol–water partition coefficient (Wildman–Crippen LogP) is 3.57. The Morgan fingerprint density at radius 2 is 2.07 bits per heavy atom. The van der Waals surface area contributed by atoms with Gasteiger partial charge in [0.25, 0.3) is 5.91 Å². The molecule has 3 N–H and O–H groups in total. The van der Waals surface area contributed by atoms with Crippen LogP contribution in [0.3, 0.4) is 0 Å². The van der Waals surface area contributed by atoms with Gasteiger partial charge >= 0.3 is 0 Å². The minimum absolute atomic E-state index is 0.102. The second-order valence-corrected chi connectivity index (χ2v) is 7.77. The highest BCUT2D eigenvalue weighted by Crippen LogP contribution is 2.45. The van der Waals surface area contributed by atoms with Crippen molar-refractivity contribution in [2.75, 3.05) is 11.9 Å². The zero-order valence-corrected chi connectivity index (χ0v) is 16.8. The summed E-state index contributed by atoms with van der Waals surface area (Å²) in [6, 6.07) is 5.60. The number of benzene rings is 1. The molecular weight excluding hydrogens is 422 g/mol. The first-order valence-electron chi connectivity index (χ1n) is 9.14. The van der Waals surface area contributed by atoms with Crippen LogP contribution in [0.1, 0.15) is 41.9 Å². The Labute approximate surface area is 171 Å². The lowest BCUT2D eigenvalue weighted by molar-refractivity contribution is 0.101. The van der Waals surface area contributed by atoms with Gasteiger partial charge in [-0.3, -0.25) is 9.79 Å². The number of rotatable bonds is 2. The van der Waals surface area contributed by atoms with Gasteiger partial charge in [0.1, 0.15) is 11.6 Å². The number of hydrogen-bond donors (Lipinski definition) is 2. The molecule has 1 aromatic carbocycles. The number of carbonyl (C=O) groups is 1. The van der Waals surface area contributed by atoms with Gasteiger partial charge < -0.3 is 15.8 Å². The molecule has 7 nitrogen and oxygen atoms in total. The van der Waals surface area contributed by atoms with E-state index in [1.165, 1.54) is 12.4 Å². The maximum atomic E-state index is 12.5. The summed E-state index contributed by atoms with van der Waals surface area (Å²) in [4.78, 5) is 25.4. The number of hydrogen-bond acceptors (Lipinski definition) is 6. The number of anilines is 1. The van der Waals surface area contributed by atoms with Crippen LogP contribution in [0, 0.1) is 0 Å². The van der Waals surface area contributed by atoms with Crippen molar-refractivity contribution >= 4 is 33.4 Å². The number of amides is 1. The van der Waals surface area contributed by atoms with E-state index in [4.69, 9.17) is 15.5 Å². The normalized spacial score (nSPS) is 21.1. The molecule has 1 unspecified atom stereocenters. The number of allylic oxidation sites excluding steroid dienone is 1. The number of amidine groups is 1. The number of nitrogens with zero attached hydrogens (tertiary/aromatic N) is 3. The van der Waals surface area contributed by atoms with E-state index in [1.807, 2.05) is 24.3 Å². The average Bonchev–Trinajstić information content (AvgIpc) is 2.67. The molecule has 1 aromatic heterocycles. The van der Waals surface area contributed by atoms with Crippen LogP contribution >= 0.6 is 15.9 Å². The predicted molar refractivity (Wildman–Crippen MR) is 111 cm³/mol.